The number of hydrogen-bond donors (Lipinski definition) is 2. The molecule has 0 unspecified atom stereocenters. The number of carboxylic acid groups (broad SMARTS) is 1. The first kappa shape index (κ1) is 14.0. The van der Waals surface area contributed by atoms with E-state index < -0.39 is 11.9 Å². The van der Waals surface area contributed by atoms with Crippen LogP contribution < -0.4 is 5.32 Å². The Morgan fingerprint density at radius 1 is 1.38 bits per heavy atom. The molecular weight excluding hydrogens is 212 g/mol. The van der Waals surface area contributed by atoms with Gasteiger partial charge >= 0.3 is 5.97 Å². The van der Waals surface area contributed by atoms with Crippen molar-refractivity contribution < 1.29 is 19.5 Å². The van der Waals surface area contributed by atoms with Gasteiger partial charge < -0.3 is 15.3 Å². The first-order valence-electron chi connectivity index (χ1n) is 4.63. The Kier molecular flexibility index (Phi) is 6.36. The Labute approximate surface area is 93.6 Å². The summed E-state index contributed by atoms with van der Waals surface area (Å²) in [6.07, 6.45) is 4.62. The molecule has 6 nitrogen and oxygen atoms in total. The molecule has 0 rings (SSSR count). The number of carboxylic acids is 1. The second-order valence-electron chi connectivity index (χ2n) is 3.12. The molecule has 0 fully saturated rings. The molecule has 2 amide bonds. The highest BCUT2D eigenvalue weighted by Gasteiger charge is 2.10. The molecule has 0 aromatic heterocycles. The highest BCUT2D eigenvalue weighted by molar-refractivity contribution is 5.86. The van der Waals surface area contributed by atoms with E-state index >= 15 is 0 Å². The first-order valence-corrected chi connectivity index (χ1v) is 4.63. The lowest BCUT2D eigenvalue weighted by molar-refractivity contribution is -0.138. The van der Waals surface area contributed by atoms with E-state index in [9.17, 15) is 14.4 Å². The van der Waals surface area contributed by atoms with Crippen LogP contribution in [-0.4, -0.2) is 47.9 Å². The van der Waals surface area contributed by atoms with Crippen LogP contribution in [-0.2, 0) is 14.4 Å². The largest absolute Gasteiger partial charge is 0.481 e. The summed E-state index contributed by atoms with van der Waals surface area (Å²) in [5.41, 5.74) is 0. The molecule has 6 heteroatoms. The summed E-state index contributed by atoms with van der Waals surface area (Å²) < 4.78 is 0. The second kappa shape index (κ2) is 7.29. The summed E-state index contributed by atoms with van der Waals surface area (Å²) >= 11 is 0. The molecule has 0 aromatic rings. The van der Waals surface area contributed by atoms with Crippen molar-refractivity contribution in [3.63, 3.8) is 0 Å². The maximum atomic E-state index is 11.3. The summed E-state index contributed by atoms with van der Waals surface area (Å²) in [5.74, 6) is 0.455. The number of carbonyl (C=O) groups is 3. The number of likely N-dealkylation sites (N-methyl/N-ethyl adjacent to an activating group) is 1. The molecule has 0 radical (unpaired) electrons. The van der Waals surface area contributed by atoms with Crippen molar-refractivity contribution in [3.05, 3.63) is 0 Å². The lowest BCUT2D eigenvalue weighted by Gasteiger charge is -2.13. The summed E-state index contributed by atoms with van der Waals surface area (Å²) in [5, 5.41) is 10.6. The zero-order valence-corrected chi connectivity index (χ0v) is 9.02. The number of nitrogens with one attached hydrogen (secondary N) is 1. The van der Waals surface area contributed by atoms with E-state index in [4.69, 9.17) is 11.5 Å². The number of carbonyl (C=O) groups excluding carboxylic acids is 2. The van der Waals surface area contributed by atoms with Gasteiger partial charge in [-0.3, -0.25) is 14.4 Å². The van der Waals surface area contributed by atoms with Gasteiger partial charge in [-0.25, -0.2) is 0 Å². The van der Waals surface area contributed by atoms with E-state index in [-0.39, 0.29) is 31.8 Å². The van der Waals surface area contributed by atoms with E-state index in [1.165, 1.54) is 11.9 Å². The molecule has 16 heavy (non-hydrogen) atoms. The van der Waals surface area contributed by atoms with Gasteiger partial charge in [-0.15, -0.1) is 6.42 Å². The van der Waals surface area contributed by atoms with Crippen LogP contribution in [0.5, 0.6) is 0 Å². The summed E-state index contributed by atoms with van der Waals surface area (Å²) in [6.45, 7) is 0.000458. The van der Waals surface area contributed by atoms with Gasteiger partial charge in [0.1, 0.15) is 0 Å². The Morgan fingerprint density at radius 2 is 2.00 bits per heavy atom. The normalized spacial score (nSPS) is 9.00. The summed E-state index contributed by atoms with van der Waals surface area (Å²) in [6, 6.07) is 0. The number of rotatable bonds is 6. The Bertz CT molecular complexity index is 319. The Morgan fingerprint density at radius 3 is 2.50 bits per heavy atom. The molecular formula is C10H14N2O4. The quantitative estimate of drug-likeness (QED) is 0.572. The molecule has 2 N–H and O–H groups in total. The van der Waals surface area contributed by atoms with E-state index in [0.29, 0.717) is 0 Å². The minimum absolute atomic E-state index is 0.137. The van der Waals surface area contributed by atoms with Crippen LogP contribution in [0.3, 0.4) is 0 Å². The van der Waals surface area contributed by atoms with E-state index in [0.717, 1.165) is 0 Å². The highest BCUT2D eigenvalue weighted by Crippen LogP contribution is 1.89. The average molecular weight is 226 g/mol. The maximum Gasteiger partial charge on any atom is 0.303 e. The van der Waals surface area contributed by atoms with Crippen LogP contribution in [0.4, 0.5) is 0 Å². The van der Waals surface area contributed by atoms with Crippen molar-refractivity contribution in [2.24, 2.45) is 0 Å². The van der Waals surface area contributed by atoms with E-state index in [1.54, 1.807) is 0 Å². The maximum absolute atomic E-state index is 11.3. The SMILES string of the molecule is C#CCN(C)C(=O)CNC(=O)CCC(=O)O. The van der Waals surface area contributed by atoms with Gasteiger partial charge in [0.15, 0.2) is 0 Å². The van der Waals surface area contributed by atoms with E-state index in [1.807, 2.05) is 0 Å². The van der Waals surface area contributed by atoms with Crippen LogP contribution in [0.15, 0.2) is 0 Å². The molecule has 0 aromatic carbocycles. The van der Waals surface area contributed by atoms with Crippen LogP contribution in [0.1, 0.15) is 12.8 Å². The number of amides is 2. The number of terminal acetylenes is 1. The van der Waals surface area contributed by atoms with Crippen LogP contribution in [0.2, 0.25) is 0 Å². The van der Waals surface area contributed by atoms with Crippen molar-refractivity contribution >= 4 is 17.8 Å². The van der Waals surface area contributed by atoms with Gasteiger partial charge in [0, 0.05) is 13.5 Å². The predicted octanol–water partition coefficient (Wildman–Crippen LogP) is -0.941. The van der Waals surface area contributed by atoms with Gasteiger partial charge in [-0.1, -0.05) is 5.92 Å². The van der Waals surface area contributed by atoms with Gasteiger partial charge in [0.05, 0.1) is 19.5 Å². The topological polar surface area (TPSA) is 86.7 Å². The predicted molar refractivity (Wildman–Crippen MR) is 56.3 cm³/mol. The van der Waals surface area contributed by atoms with Crippen LogP contribution >= 0.6 is 0 Å². The van der Waals surface area contributed by atoms with Crippen LogP contribution in [0, 0.1) is 12.3 Å². The Balaban J connectivity index is 3.80. The van der Waals surface area contributed by atoms with Crippen molar-refractivity contribution in [1.82, 2.24) is 10.2 Å². The summed E-state index contributed by atoms with van der Waals surface area (Å²) in [4.78, 5) is 33.8. The molecule has 0 saturated heterocycles. The van der Waals surface area contributed by atoms with Crippen molar-refractivity contribution in [1.29, 1.82) is 0 Å². The van der Waals surface area contributed by atoms with Crippen molar-refractivity contribution in [2.75, 3.05) is 20.1 Å². The van der Waals surface area contributed by atoms with Gasteiger partial charge in [0.2, 0.25) is 11.8 Å². The lowest BCUT2D eigenvalue weighted by Crippen LogP contribution is -2.38. The van der Waals surface area contributed by atoms with Crippen LogP contribution in [0.25, 0.3) is 0 Å². The lowest BCUT2D eigenvalue weighted by atomic mass is 10.3. The standard InChI is InChI=1S/C10H14N2O4/c1-3-6-12(2)9(14)7-11-8(13)4-5-10(15)16/h1H,4-7H2,2H3,(H,11,13)(H,15,16). The highest BCUT2D eigenvalue weighted by atomic mass is 16.4. The molecule has 0 aliphatic heterocycles. The van der Waals surface area contributed by atoms with Crippen molar-refractivity contribution in [3.8, 4) is 12.3 Å². The fraction of sp³-hybridized carbons (Fsp3) is 0.500. The fourth-order valence-electron chi connectivity index (χ4n) is 0.843. The van der Waals surface area contributed by atoms with Crippen molar-refractivity contribution in [2.45, 2.75) is 12.8 Å². The monoisotopic (exact) mass is 226 g/mol. The first-order chi connectivity index (χ1) is 7.47. The zero-order valence-electron chi connectivity index (χ0n) is 9.02. The van der Waals surface area contributed by atoms with Gasteiger partial charge in [0.25, 0.3) is 0 Å². The molecule has 0 aliphatic rings. The molecule has 0 atom stereocenters. The molecule has 0 heterocycles. The van der Waals surface area contributed by atoms with Gasteiger partial charge in [-0.05, 0) is 0 Å². The number of aliphatic carboxylic acids is 1. The minimum Gasteiger partial charge on any atom is -0.481 e. The van der Waals surface area contributed by atoms with E-state index in [2.05, 4.69) is 11.2 Å². The molecule has 0 saturated carbocycles. The fourth-order valence-corrected chi connectivity index (χ4v) is 0.843. The van der Waals surface area contributed by atoms with Gasteiger partial charge in [-0.2, -0.15) is 0 Å². The third-order valence-corrected chi connectivity index (χ3v) is 1.76. The number of nitrogens with zero attached hydrogens (tertiary/aromatic N) is 1. The molecule has 0 aliphatic carbocycles. The third-order valence-electron chi connectivity index (χ3n) is 1.76. The second-order valence-corrected chi connectivity index (χ2v) is 3.12. The Hall–Kier alpha value is -2.03. The molecule has 0 bridgehead atoms. The average Bonchev–Trinajstić information content (AvgIpc) is 2.23. The number of hydrogen-bond acceptors (Lipinski definition) is 3. The zero-order chi connectivity index (χ0) is 12.6. The molecule has 88 valence electrons. The molecule has 0 spiro atoms. The smallest absolute Gasteiger partial charge is 0.303 e. The minimum atomic E-state index is -1.05. The summed E-state index contributed by atoms with van der Waals surface area (Å²) in [7, 11) is 1.52. The third kappa shape index (κ3) is 6.43.